The molecule has 1 aromatic carbocycles. The monoisotopic (exact) mass is 170 g/mol. The molecule has 0 aliphatic rings. The van der Waals surface area contributed by atoms with Gasteiger partial charge in [0.15, 0.2) is 6.29 Å². The van der Waals surface area contributed by atoms with Crippen molar-refractivity contribution in [3.63, 3.8) is 0 Å². The zero-order valence-corrected chi connectivity index (χ0v) is 6.96. The minimum Gasteiger partial charge on any atom is -0.388 e. The molecule has 0 fully saturated rings. The van der Waals surface area contributed by atoms with Gasteiger partial charge in [0.1, 0.15) is 6.10 Å². The summed E-state index contributed by atoms with van der Waals surface area (Å²) in [6.07, 6.45) is -2.63. The fraction of sp³-hybridized carbons (Fsp3) is 0.333. The Bertz CT molecular complexity index is 140. The third-order valence-electron chi connectivity index (χ3n) is 1.10. The Hall–Kier alpha value is -0.900. The van der Waals surface area contributed by atoms with Gasteiger partial charge in [-0.15, -0.1) is 0 Å². The molecule has 1 aromatic rings. The molecule has 0 bridgehead atoms. The summed E-state index contributed by atoms with van der Waals surface area (Å²) in [5.41, 5.74) is 0. The van der Waals surface area contributed by atoms with E-state index >= 15 is 0 Å². The van der Waals surface area contributed by atoms with Crippen molar-refractivity contribution in [1.29, 1.82) is 0 Å². The second kappa shape index (κ2) is 6.79. The lowest BCUT2D eigenvalue weighted by atomic mass is 10.4. The summed E-state index contributed by atoms with van der Waals surface area (Å²) in [5.74, 6) is 0. The smallest absolute Gasteiger partial charge is 0.177 e. The van der Waals surface area contributed by atoms with Gasteiger partial charge in [-0.05, 0) is 6.92 Å². The lowest BCUT2D eigenvalue weighted by Crippen LogP contribution is -2.20. The maximum Gasteiger partial charge on any atom is 0.177 e. The zero-order valence-electron chi connectivity index (χ0n) is 6.96. The van der Waals surface area contributed by atoms with Crippen molar-refractivity contribution < 1.29 is 15.3 Å². The highest BCUT2D eigenvalue weighted by Gasteiger charge is 2.01. The highest BCUT2D eigenvalue weighted by atomic mass is 16.5. The van der Waals surface area contributed by atoms with Gasteiger partial charge in [-0.2, -0.15) is 0 Å². The van der Waals surface area contributed by atoms with Gasteiger partial charge in [0.2, 0.25) is 0 Å². The third kappa shape index (κ3) is 7.21. The lowest BCUT2D eigenvalue weighted by Gasteiger charge is -2.02. The molecule has 0 aliphatic heterocycles. The van der Waals surface area contributed by atoms with Crippen LogP contribution in [0.25, 0.3) is 0 Å². The van der Waals surface area contributed by atoms with Gasteiger partial charge >= 0.3 is 0 Å². The maximum absolute atomic E-state index is 8.13. The average molecular weight is 170 g/mol. The molecule has 0 radical (unpaired) electrons. The summed E-state index contributed by atoms with van der Waals surface area (Å²) >= 11 is 0. The van der Waals surface area contributed by atoms with E-state index in [0.717, 1.165) is 0 Å². The quantitative estimate of drug-likeness (QED) is 0.533. The van der Waals surface area contributed by atoms with Crippen LogP contribution in [0, 0.1) is 0 Å². The normalized spacial score (nSPS) is 11.8. The van der Waals surface area contributed by atoms with E-state index in [-0.39, 0.29) is 0 Å². The van der Waals surface area contributed by atoms with Crippen LogP contribution >= 0.6 is 0 Å². The summed E-state index contributed by atoms with van der Waals surface area (Å²) in [6.45, 7) is 1.30. The highest BCUT2D eigenvalue weighted by Crippen LogP contribution is 1.81. The van der Waals surface area contributed by atoms with Crippen molar-refractivity contribution in [3.8, 4) is 0 Å². The minimum atomic E-state index is -1.59. The van der Waals surface area contributed by atoms with Crippen molar-refractivity contribution in [1.82, 2.24) is 0 Å². The van der Waals surface area contributed by atoms with Gasteiger partial charge in [0.05, 0.1) is 0 Å². The van der Waals surface area contributed by atoms with E-state index in [4.69, 9.17) is 15.3 Å². The molecule has 0 saturated heterocycles. The first-order valence-corrected chi connectivity index (χ1v) is 3.69. The van der Waals surface area contributed by atoms with Crippen LogP contribution in [0.3, 0.4) is 0 Å². The summed E-state index contributed by atoms with van der Waals surface area (Å²) in [5, 5.41) is 24.0. The van der Waals surface area contributed by atoms with Gasteiger partial charge in [-0.25, -0.2) is 0 Å². The topological polar surface area (TPSA) is 60.7 Å². The van der Waals surface area contributed by atoms with Crippen molar-refractivity contribution in [3.05, 3.63) is 36.4 Å². The lowest BCUT2D eigenvalue weighted by molar-refractivity contribution is -0.114. The van der Waals surface area contributed by atoms with Crippen LogP contribution in [0.5, 0.6) is 0 Å². The Labute approximate surface area is 71.9 Å². The van der Waals surface area contributed by atoms with E-state index in [0.29, 0.717) is 0 Å². The van der Waals surface area contributed by atoms with E-state index in [2.05, 4.69) is 0 Å². The Morgan fingerprint density at radius 2 is 0.917 bits per heavy atom. The fourth-order valence-electron chi connectivity index (χ4n) is 0.385. The van der Waals surface area contributed by atoms with Gasteiger partial charge in [0, 0.05) is 0 Å². The third-order valence-corrected chi connectivity index (χ3v) is 1.10. The molecule has 1 rings (SSSR count). The van der Waals surface area contributed by atoms with Crippen LogP contribution in [0.4, 0.5) is 0 Å². The van der Waals surface area contributed by atoms with Crippen LogP contribution in [0.1, 0.15) is 6.92 Å². The first-order chi connectivity index (χ1) is 5.64. The van der Waals surface area contributed by atoms with E-state index in [9.17, 15) is 0 Å². The van der Waals surface area contributed by atoms with E-state index in [1.807, 2.05) is 36.4 Å². The van der Waals surface area contributed by atoms with Crippen LogP contribution in [-0.4, -0.2) is 27.7 Å². The Morgan fingerprint density at radius 3 is 1.00 bits per heavy atom. The molecule has 1 atom stereocenters. The number of aliphatic hydroxyl groups is 3. The molecule has 68 valence electrons. The molecule has 1 unspecified atom stereocenters. The molecule has 0 heterocycles. The number of hydrogen-bond acceptors (Lipinski definition) is 3. The van der Waals surface area contributed by atoms with Gasteiger partial charge in [-0.3, -0.25) is 0 Å². The van der Waals surface area contributed by atoms with Crippen LogP contribution in [-0.2, 0) is 0 Å². The SMILES string of the molecule is CC(O)C(O)O.c1ccccc1. The Balaban J connectivity index is 0.000000202. The zero-order chi connectivity index (χ0) is 9.40. The molecule has 0 amide bonds. The number of rotatable bonds is 1. The highest BCUT2D eigenvalue weighted by molar-refractivity contribution is 4.99. The largest absolute Gasteiger partial charge is 0.388 e. The van der Waals surface area contributed by atoms with Crippen molar-refractivity contribution in [2.75, 3.05) is 0 Å². The molecule has 0 saturated carbocycles. The van der Waals surface area contributed by atoms with E-state index < -0.39 is 12.4 Å². The van der Waals surface area contributed by atoms with Crippen molar-refractivity contribution in [2.24, 2.45) is 0 Å². The second-order valence-corrected chi connectivity index (χ2v) is 2.31. The predicted molar refractivity (Wildman–Crippen MR) is 46.3 cm³/mol. The predicted octanol–water partition coefficient (Wildman–Crippen LogP) is 0.365. The number of benzene rings is 1. The van der Waals surface area contributed by atoms with Gasteiger partial charge in [0.25, 0.3) is 0 Å². The average Bonchev–Trinajstić information content (AvgIpc) is 2.08. The molecule has 3 nitrogen and oxygen atoms in total. The Morgan fingerprint density at radius 1 is 0.750 bits per heavy atom. The second-order valence-electron chi connectivity index (χ2n) is 2.31. The summed E-state index contributed by atoms with van der Waals surface area (Å²) in [7, 11) is 0. The minimum absolute atomic E-state index is 1.04. The summed E-state index contributed by atoms with van der Waals surface area (Å²) < 4.78 is 0. The van der Waals surface area contributed by atoms with Gasteiger partial charge < -0.3 is 15.3 Å². The Kier molecular flexibility index (Phi) is 6.28. The van der Waals surface area contributed by atoms with E-state index in [1.54, 1.807) is 0 Å². The molecule has 0 aliphatic carbocycles. The molecule has 3 N–H and O–H groups in total. The van der Waals surface area contributed by atoms with Crippen molar-refractivity contribution in [2.45, 2.75) is 19.3 Å². The van der Waals surface area contributed by atoms with Crippen LogP contribution in [0.15, 0.2) is 36.4 Å². The molecular formula is C9H14O3. The summed E-state index contributed by atoms with van der Waals surface area (Å²) in [4.78, 5) is 0. The number of aliphatic hydroxyl groups excluding tert-OH is 2. The van der Waals surface area contributed by atoms with Crippen molar-refractivity contribution >= 4 is 0 Å². The maximum atomic E-state index is 8.13. The first kappa shape index (κ1) is 11.1. The molecule has 12 heavy (non-hydrogen) atoms. The molecular weight excluding hydrogens is 156 g/mol. The van der Waals surface area contributed by atoms with Gasteiger partial charge in [-0.1, -0.05) is 36.4 Å². The summed E-state index contributed by atoms with van der Waals surface area (Å²) in [6, 6.07) is 12.0. The fourth-order valence-corrected chi connectivity index (χ4v) is 0.385. The standard InChI is InChI=1S/C6H6.C3H8O3/c1-2-4-6-5-3-1;1-2(4)3(5)6/h1-6H;2-6H,1H3. The van der Waals surface area contributed by atoms with E-state index in [1.165, 1.54) is 6.92 Å². The molecule has 0 spiro atoms. The number of hydrogen-bond donors (Lipinski definition) is 3. The van der Waals surface area contributed by atoms with Crippen LogP contribution in [0.2, 0.25) is 0 Å². The first-order valence-electron chi connectivity index (χ1n) is 3.69. The van der Waals surface area contributed by atoms with Crippen LogP contribution < -0.4 is 0 Å². The molecule has 0 aromatic heterocycles. The molecule has 3 heteroatoms.